The smallest absolute Gasteiger partial charge is 0.408 e. The lowest BCUT2D eigenvalue weighted by Crippen LogP contribution is -2.49. The van der Waals surface area contributed by atoms with Gasteiger partial charge in [-0.2, -0.15) is 4.31 Å². The van der Waals surface area contributed by atoms with Crippen molar-refractivity contribution in [2.75, 3.05) is 26.2 Å². The van der Waals surface area contributed by atoms with Crippen molar-refractivity contribution in [3.05, 3.63) is 64.6 Å². The molecule has 0 saturated carbocycles. The zero-order valence-corrected chi connectivity index (χ0v) is 15.5. The van der Waals surface area contributed by atoms with E-state index in [0.29, 0.717) is 30.3 Å². The number of hydrogen-bond acceptors (Lipinski definition) is 5. The van der Waals surface area contributed by atoms with Gasteiger partial charge in [-0.1, -0.05) is 12.1 Å². The van der Waals surface area contributed by atoms with E-state index in [1.807, 2.05) is 4.90 Å². The minimum absolute atomic E-state index is 0.129. The maximum Gasteiger partial charge on any atom is 0.421 e. The number of nitrogens with zero attached hydrogens (tertiary/aromatic N) is 3. The summed E-state index contributed by atoms with van der Waals surface area (Å²) in [6.07, 6.45) is 0. The Balaban J connectivity index is 1.48. The number of hydrogen-bond donors (Lipinski definition) is 0. The zero-order valence-electron chi connectivity index (χ0n) is 14.7. The van der Waals surface area contributed by atoms with Gasteiger partial charge in [-0.05, 0) is 24.3 Å². The van der Waals surface area contributed by atoms with Crippen molar-refractivity contribution in [2.24, 2.45) is 0 Å². The molecule has 0 bridgehead atoms. The fourth-order valence-electron chi connectivity index (χ4n) is 3.28. The van der Waals surface area contributed by atoms with Gasteiger partial charge in [-0.25, -0.2) is 22.0 Å². The highest BCUT2D eigenvalue weighted by Gasteiger charge is 2.31. The molecule has 1 aliphatic rings. The molecule has 10 heteroatoms. The summed E-state index contributed by atoms with van der Waals surface area (Å²) in [5, 5.41) is 0. The highest BCUT2D eigenvalue weighted by Crippen LogP contribution is 2.22. The fraction of sp³-hybridized carbons (Fsp3) is 0.278. The Kier molecular flexibility index (Phi) is 4.77. The number of halogens is 2. The van der Waals surface area contributed by atoms with Crippen LogP contribution in [0.4, 0.5) is 8.78 Å². The van der Waals surface area contributed by atoms with Gasteiger partial charge in [0.05, 0.1) is 12.2 Å². The molecule has 2 aromatic carbocycles. The van der Waals surface area contributed by atoms with Crippen LogP contribution in [-0.4, -0.2) is 48.4 Å². The number of fused-ring (bicyclic) bond motifs is 1. The van der Waals surface area contributed by atoms with Crippen LogP contribution < -0.4 is 5.76 Å². The number of benzene rings is 2. The lowest BCUT2D eigenvalue weighted by atomic mass is 10.3. The number of oxazole rings is 1. The second kappa shape index (κ2) is 7.12. The van der Waals surface area contributed by atoms with Crippen molar-refractivity contribution in [1.82, 2.24) is 13.8 Å². The van der Waals surface area contributed by atoms with E-state index in [4.69, 9.17) is 4.42 Å². The first-order chi connectivity index (χ1) is 13.4. The fourth-order valence-corrected chi connectivity index (χ4v) is 4.75. The van der Waals surface area contributed by atoms with Gasteiger partial charge in [0.1, 0.15) is 16.5 Å². The molecule has 0 amide bonds. The summed E-state index contributed by atoms with van der Waals surface area (Å²) < 4.78 is 60.1. The van der Waals surface area contributed by atoms with Crippen molar-refractivity contribution >= 4 is 21.1 Å². The van der Waals surface area contributed by atoms with Gasteiger partial charge in [0.2, 0.25) is 10.0 Å². The van der Waals surface area contributed by atoms with Crippen LogP contribution in [0.5, 0.6) is 0 Å². The van der Waals surface area contributed by atoms with Crippen LogP contribution >= 0.6 is 0 Å². The average molecular weight is 409 g/mol. The lowest BCUT2D eigenvalue weighted by molar-refractivity contribution is 0.150. The predicted octanol–water partition coefficient (Wildman–Crippen LogP) is 1.84. The van der Waals surface area contributed by atoms with Crippen LogP contribution in [0.25, 0.3) is 11.1 Å². The molecule has 1 saturated heterocycles. The van der Waals surface area contributed by atoms with Crippen LogP contribution in [-0.2, 0) is 16.7 Å². The molecule has 2 heterocycles. The molecule has 1 aliphatic heterocycles. The van der Waals surface area contributed by atoms with E-state index in [9.17, 15) is 22.0 Å². The zero-order chi connectivity index (χ0) is 19.9. The molecule has 0 spiro atoms. The summed E-state index contributed by atoms with van der Waals surface area (Å²) in [7, 11) is -4.06. The summed E-state index contributed by atoms with van der Waals surface area (Å²) >= 11 is 0. The van der Waals surface area contributed by atoms with E-state index < -0.39 is 32.3 Å². The molecule has 0 atom stereocenters. The highest BCUT2D eigenvalue weighted by atomic mass is 32.2. The number of piperazine rings is 1. The van der Waals surface area contributed by atoms with Crippen molar-refractivity contribution < 1.29 is 21.6 Å². The third-order valence-corrected chi connectivity index (χ3v) is 6.69. The van der Waals surface area contributed by atoms with Gasteiger partial charge in [0.25, 0.3) is 0 Å². The molecular formula is C18H17F2N3O4S. The maximum atomic E-state index is 13.9. The Labute approximate surface area is 159 Å². The lowest BCUT2D eigenvalue weighted by Gasteiger charge is -2.33. The van der Waals surface area contributed by atoms with Gasteiger partial charge in [-0.3, -0.25) is 9.47 Å². The molecule has 0 unspecified atom stereocenters. The Morgan fingerprint density at radius 3 is 2.43 bits per heavy atom. The first-order valence-electron chi connectivity index (χ1n) is 8.62. The molecule has 4 rings (SSSR count). The first kappa shape index (κ1) is 18.8. The number of sulfonamides is 1. The van der Waals surface area contributed by atoms with E-state index in [1.165, 1.54) is 4.57 Å². The topological polar surface area (TPSA) is 75.8 Å². The van der Waals surface area contributed by atoms with E-state index >= 15 is 0 Å². The van der Waals surface area contributed by atoms with Crippen LogP contribution in [0.1, 0.15) is 0 Å². The van der Waals surface area contributed by atoms with Gasteiger partial charge < -0.3 is 4.42 Å². The molecule has 148 valence electrons. The molecule has 3 aromatic rings. The molecule has 0 aliphatic carbocycles. The normalized spacial score (nSPS) is 16.6. The van der Waals surface area contributed by atoms with Crippen molar-refractivity contribution in [2.45, 2.75) is 11.6 Å². The Hall–Kier alpha value is -2.56. The Morgan fingerprint density at radius 1 is 1.00 bits per heavy atom. The largest absolute Gasteiger partial charge is 0.421 e. The van der Waals surface area contributed by atoms with Crippen LogP contribution in [0, 0.1) is 11.6 Å². The summed E-state index contributed by atoms with van der Waals surface area (Å²) in [5.41, 5.74) is 1.15. The molecule has 7 nitrogen and oxygen atoms in total. The van der Waals surface area contributed by atoms with E-state index in [0.717, 1.165) is 16.4 Å². The molecule has 1 aromatic heterocycles. The van der Waals surface area contributed by atoms with Crippen LogP contribution in [0.2, 0.25) is 0 Å². The maximum absolute atomic E-state index is 13.9. The van der Waals surface area contributed by atoms with Crippen molar-refractivity contribution in [1.29, 1.82) is 0 Å². The molecule has 1 fully saturated rings. The van der Waals surface area contributed by atoms with E-state index in [-0.39, 0.29) is 19.8 Å². The number of rotatable bonds is 4. The first-order valence-corrected chi connectivity index (χ1v) is 10.1. The van der Waals surface area contributed by atoms with Crippen molar-refractivity contribution in [3.63, 3.8) is 0 Å². The standard InChI is InChI=1S/C18H17F2N3O4S/c19-13-5-6-17(14(20)11-13)28(25,26)22-9-7-21(8-10-22)12-23-15-3-1-2-4-16(15)27-18(23)24/h1-6,11H,7-10,12H2. The SMILES string of the molecule is O=c1oc2ccccc2n1CN1CCN(S(=O)(=O)c2ccc(F)cc2F)CC1. The number of para-hydroxylation sites is 2. The quantitative estimate of drug-likeness (QED) is 0.657. The van der Waals surface area contributed by atoms with E-state index in [1.54, 1.807) is 24.3 Å². The highest BCUT2D eigenvalue weighted by molar-refractivity contribution is 7.89. The summed E-state index contributed by atoms with van der Waals surface area (Å²) in [6, 6.07) is 9.46. The minimum atomic E-state index is -4.06. The molecule has 0 radical (unpaired) electrons. The average Bonchev–Trinajstić information content (AvgIpc) is 2.97. The summed E-state index contributed by atoms with van der Waals surface area (Å²) in [5.74, 6) is -2.43. The Bertz CT molecular complexity index is 1180. The van der Waals surface area contributed by atoms with Gasteiger partial charge in [0, 0.05) is 32.2 Å². The van der Waals surface area contributed by atoms with Crippen LogP contribution in [0.3, 0.4) is 0 Å². The molecule has 28 heavy (non-hydrogen) atoms. The second-order valence-corrected chi connectivity index (χ2v) is 8.41. The summed E-state index contributed by atoms with van der Waals surface area (Å²) in [6.45, 7) is 1.23. The molecular weight excluding hydrogens is 392 g/mol. The monoisotopic (exact) mass is 409 g/mol. The number of aromatic nitrogens is 1. The van der Waals surface area contributed by atoms with Gasteiger partial charge >= 0.3 is 5.76 Å². The van der Waals surface area contributed by atoms with Gasteiger partial charge in [0.15, 0.2) is 5.58 Å². The third-order valence-electron chi connectivity index (χ3n) is 4.76. The molecule has 0 N–H and O–H groups in total. The Morgan fingerprint density at radius 2 is 1.71 bits per heavy atom. The summed E-state index contributed by atoms with van der Waals surface area (Å²) in [4.78, 5) is 13.4. The predicted molar refractivity (Wildman–Crippen MR) is 97.2 cm³/mol. The van der Waals surface area contributed by atoms with Crippen LogP contribution in [0.15, 0.2) is 56.6 Å². The minimum Gasteiger partial charge on any atom is -0.408 e. The van der Waals surface area contributed by atoms with Crippen molar-refractivity contribution in [3.8, 4) is 0 Å². The second-order valence-electron chi connectivity index (χ2n) is 6.50. The third kappa shape index (κ3) is 3.34. The van der Waals surface area contributed by atoms with E-state index in [2.05, 4.69) is 0 Å². The van der Waals surface area contributed by atoms with Gasteiger partial charge in [-0.15, -0.1) is 0 Å².